The summed E-state index contributed by atoms with van der Waals surface area (Å²) in [4.78, 5) is 27.1. The first-order valence-corrected chi connectivity index (χ1v) is 9.85. The fourth-order valence-corrected chi connectivity index (χ4v) is 3.08. The molecule has 0 aromatic carbocycles. The maximum absolute atomic E-state index is 12.2. The average Bonchev–Trinajstić information content (AvgIpc) is 3.32. The molecule has 1 aliphatic rings. The molecule has 2 atom stereocenters. The summed E-state index contributed by atoms with van der Waals surface area (Å²) in [5, 5.41) is 14.3. The van der Waals surface area contributed by atoms with Gasteiger partial charge >= 0.3 is 6.03 Å². The Hall–Kier alpha value is -2.81. The molecule has 3 rings (SSSR count). The number of nitrogens with one attached hydrogen (secondary N) is 2. The maximum Gasteiger partial charge on any atom is 0.321 e. The Bertz CT molecular complexity index is 920. The molecule has 30 heavy (non-hydrogen) atoms. The number of nitrogens with zero attached hydrogens (tertiary/aromatic N) is 6. The Balaban J connectivity index is 1.64. The largest absolute Gasteiger partial charge is 0.377 e. The minimum absolute atomic E-state index is 0.0213. The van der Waals surface area contributed by atoms with E-state index in [1.165, 1.54) is 6.33 Å². The Morgan fingerprint density at radius 3 is 2.93 bits per heavy atom. The molecule has 2 N–H and O–H groups in total. The highest BCUT2D eigenvalue weighted by Crippen LogP contribution is 2.31. The molecule has 0 radical (unpaired) electrons. The summed E-state index contributed by atoms with van der Waals surface area (Å²) in [7, 11) is 4.02. The number of carbonyl (C=O) groups is 1. The third-order valence-electron chi connectivity index (χ3n) is 4.68. The molecule has 11 nitrogen and oxygen atoms in total. The minimum atomic E-state index is -1.00. The summed E-state index contributed by atoms with van der Waals surface area (Å²) in [6, 6.07) is 1.47. The Morgan fingerprint density at radius 1 is 1.40 bits per heavy atom. The van der Waals surface area contributed by atoms with Crippen molar-refractivity contribution >= 4 is 23.0 Å². The van der Waals surface area contributed by atoms with Crippen LogP contribution >= 0.6 is 0 Å². The van der Waals surface area contributed by atoms with Gasteiger partial charge in [-0.3, -0.25) is 9.88 Å². The predicted molar refractivity (Wildman–Crippen MR) is 110 cm³/mol. The van der Waals surface area contributed by atoms with Crippen LogP contribution in [-0.4, -0.2) is 75.9 Å². The monoisotopic (exact) mass is 416 g/mol. The Kier molecular flexibility index (Phi) is 6.81. The SMILES string of the molecule is CN(C)CCOCC1CCC(n2cnc3c(NC(=O)NC(C)(C)C#N)ncnc32)O1. The summed E-state index contributed by atoms with van der Waals surface area (Å²) >= 11 is 0. The smallest absolute Gasteiger partial charge is 0.321 e. The molecule has 1 fully saturated rings. The van der Waals surface area contributed by atoms with E-state index in [-0.39, 0.29) is 18.1 Å². The van der Waals surface area contributed by atoms with Gasteiger partial charge in [0.2, 0.25) is 0 Å². The third kappa shape index (κ3) is 5.41. The van der Waals surface area contributed by atoms with E-state index in [0.29, 0.717) is 24.4 Å². The lowest BCUT2D eigenvalue weighted by Gasteiger charge is -2.17. The first-order chi connectivity index (χ1) is 14.3. The zero-order valence-corrected chi connectivity index (χ0v) is 17.8. The lowest BCUT2D eigenvalue weighted by atomic mass is 10.1. The van der Waals surface area contributed by atoms with E-state index in [0.717, 1.165) is 19.4 Å². The van der Waals surface area contributed by atoms with Crippen molar-refractivity contribution in [1.29, 1.82) is 5.26 Å². The second-order valence-corrected chi connectivity index (χ2v) is 8.03. The molecule has 2 aromatic rings. The fraction of sp³-hybridized carbons (Fsp3) is 0.632. The van der Waals surface area contributed by atoms with Gasteiger partial charge in [0.15, 0.2) is 17.0 Å². The standard InChI is InChI=1S/C19H28N8O3/c1-19(2,10-20)25-18(28)24-16-15-17(22-11-21-16)27(12-23-15)14-6-5-13(30-14)9-29-8-7-26(3)4/h11-14H,5-9H2,1-4H3,(H2,21,22,24,25,28). The summed E-state index contributed by atoms with van der Waals surface area (Å²) in [6.45, 7) is 5.30. The molecule has 162 valence electrons. The van der Waals surface area contributed by atoms with E-state index in [4.69, 9.17) is 14.7 Å². The predicted octanol–water partition coefficient (Wildman–Crippen LogP) is 1.51. The number of fused-ring (bicyclic) bond motifs is 1. The van der Waals surface area contributed by atoms with Crippen LogP contribution < -0.4 is 10.6 Å². The van der Waals surface area contributed by atoms with E-state index >= 15 is 0 Å². The van der Waals surface area contributed by atoms with Gasteiger partial charge < -0.3 is 19.7 Å². The van der Waals surface area contributed by atoms with Gasteiger partial charge in [-0.25, -0.2) is 19.7 Å². The third-order valence-corrected chi connectivity index (χ3v) is 4.68. The highest BCUT2D eigenvalue weighted by atomic mass is 16.5. The number of ether oxygens (including phenoxy) is 2. The molecule has 2 amide bonds. The number of rotatable bonds is 8. The topological polar surface area (TPSA) is 130 Å². The number of anilines is 1. The highest BCUT2D eigenvalue weighted by Gasteiger charge is 2.29. The molecule has 0 spiro atoms. The van der Waals surface area contributed by atoms with E-state index in [1.54, 1.807) is 20.2 Å². The van der Waals surface area contributed by atoms with Crippen molar-refractivity contribution in [1.82, 2.24) is 29.7 Å². The van der Waals surface area contributed by atoms with Gasteiger partial charge in [-0.15, -0.1) is 0 Å². The van der Waals surface area contributed by atoms with E-state index in [2.05, 4.69) is 30.5 Å². The van der Waals surface area contributed by atoms with Crippen molar-refractivity contribution in [3.8, 4) is 6.07 Å². The number of carbonyl (C=O) groups excluding carboxylic acids is 1. The molecule has 1 aliphatic heterocycles. The minimum Gasteiger partial charge on any atom is -0.377 e. The number of hydrogen-bond donors (Lipinski definition) is 2. The quantitative estimate of drug-likeness (QED) is 0.619. The van der Waals surface area contributed by atoms with Gasteiger partial charge in [0, 0.05) is 6.54 Å². The van der Waals surface area contributed by atoms with Crippen LogP contribution in [0.25, 0.3) is 11.2 Å². The van der Waals surface area contributed by atoms with Crippen molar-refractivity contribution in [3.63, 3.8) is 0 Å². The van der Waals surface area contributed by atoms with Crippen LogP contribution in [-0.2, 0) is 9.47 Å². The van der Waals surface area contributed by atoms with Crippen LogP contribution in [0.5, 0.6) is 0 Å². The number of nitriles is 1. The second-order valence-electron chi connectivity index (χ2n) is 8.03. The van der Waals surface area contributed by atoms with Crippen LogP contribution in [0.3, 0.4) is 0 Å². The molecule has 0 bridgehead atoms. The van der Waals surface area contributed by atoms with Crippen molar-refractivity contribution in [3.05, 3.63) is 12.7 Å². The highest BCUT2D eigenvalue weighted by molar-refractivity contribution is 5.96. The van der Waals surface area contributed by atoms with Crippen LogP contribution in [0.1, 0.15) is 32.9 Å². The number of amides is 2. The van der Waals surface area contributed by atoms with Gasteiger partial charge in [-0.1, -0.05) is 0 Å². The molecule has 2 unspecified atom stereocenters. The lowest BCUT2D eigenvalue weighted by Crippen LogP contribution is -2.44. The molecule has 3 heterocycles. The molecule has 1 saturated heterocycles. The van der Waals surface area contributed by atoms with Crippen LogP contribution in [0.4, 0.5) is 10.6 Å². The lowest BCUT2D eigenvalue weighted by molar-refractivity contribution is -0.0411. The first kappa shape index (κ1) is 21.9. The zero-order valence-electron chi connectivity index (χ0n) is 17.8. The number of likely N-dealkylation sites (N-methyl/N-ethyl adjacent to an activating group) is 1. The van der Waals surface area contributed by atoms with Crippen molar-refractivity contribution in [2.75, 3.05) is 39.2 Å². The number of aromatic nitrogens is 4. The fourth-order valence-electron chi connectivity index (χ4n) is 3.08. The molecule has 0 aliphatic carbocycles. The Labute approximate surface area is 175 Å². The van der Waals surface area contributed by atoms with Gasteiger partial charge in [0.25, 0.3) is 0 Å². The van der Waals surface area contributed by atoms with Crippen molar-refractivity contribution in [2.45, 2.75) is 44.6 Å². The first-order valence-electron chi connectivity index (χ1n) is 9.85. The number of urea groups is 1. The molecular weight excluding hydrogens is 388 g/mol. The summed E-state index contributed by atoms with van der Waals surface area (Å²) in [5.41, 5.74) is 0.0207. The summed E-state index contributed by atoms with van der Waals surface area (Å²) < 4.78 is 13.7. The number of hydrogen-bond acceptors (Lipinski definition) is 8. The second kappa shape index (κ2) is 9.34. The molecular formula is C19H28N8O3. The van der Waals surface area contributed by atoms with Gasteiger partial charge in [-0.2, -0.15) is 5.26 Å². The molecule has 0 saturated carbocycles. The van der Waals surface area contributed by atoms with Crippen LogP contribution in [0.2, 0.25) is 0 Å². The molecule has 11 heteroatoms. The van der Waals surface area contributed by atoms with Crippen molar-refractivity contribution < 1.29 is 14.3 Å². The van der Waals surface area contributed by atoms with Crippen molar-refractivity contribution in [2.24, 2.45) is 0 Å². The normalized spacial score (nSPS) is 19.2. The average molecular weight is 416 g/mol. The maximum atomic E-state index is 12.2. The molecule has 2 aromatic heterocycles. The van der Waals surface area contributed by atoms with Gasteiger partial charge in [0.05, 0.1) is 31.7 Å². The Morgan fingerprint density at radius 2 is 2.20 bits per heavy atom. The van der Waals surface area contributed by atoms with Gasteiger partial charge in [-0.05, 0) is 40.8 Å². The van der Waals surface area contributed by atoms with Crippen LogP contribution in [0, 0.1) is 11.3 Å². The van der Waals surface area contributed by atoms with Crippen LogP contribution in [0.15, 0.2) is 12.7 Å². The summed E-state index contributed by atoms with van der Waals surface area (Å²) in [5.74, 6) is 0.270. The van der Waals surface area contributed by atoms with E-state index in [1.807, 2.05) is 24.7 Å². The van der Waals surface area contributed by atoms with Gasteiger partial charge in [0.1, 0.15) is 18.1 Å². The van der Waals surface area contributed by atoms with E-state index in [9.17, 15) is 4.79 Å². The summed E-state index contributed by atoms with van der Waals surface area (Å²) in [6.07, 6.45) is 4.52. The zero-order chi connectivity index (χ0) is 21.7. The van der Waals surface area contributed by atoms with E-state index < -0.39 is 11.6 Å². The number of imidazole rings is 1.